The Balaban J connectivity index is 1.55. The van der Waals surface area contributed by atoms with Crippen molar-refractivity contribution in [3.05, 3.63) is 96.3 Å². The zero-order chi connectivity index (χ0) is 20.8. The highest BCUT2D eigenvalue weighted by Crippen LogP contribution is 2.29. The summed E-state index contributed by atoms with van der Waals surface area (Å²) in [4.78, 5) is 12.3. The van der Waals surface area contributed by atoms with E-state index in [0.29, 0.717) is 23.1 Å². The molecule has 0 bridgehead atoms. The first-order valence-electron chi connectivity index (χ1n) is 9.41. The quantitative estimate of drug-likeness (QED) is 0.450. The standard InChI is InChI=1S/C23H19FN4OS/c24-20-14-8-7-13-19(20)22-26-27-23(28(22)18-11-5-2-6-12-18)30-16-21(29)25-15-17-9-3-1-4-10-17/h1-14H,15-16H2,(H,25,29). The predicted octanol–water partition coefficient (Wildman–Crippen LogP) is 4.48. The minimum absolute atomic E-state index is 0.112. The van der Waals surface area contributed by atoms with Crippen LogP contribution in [0.3, 0.4) is 0 Å². The number of hydrogen-bond donors (Lipinski definition) is 1. The molecule has 4 rings (SSSR count). The smallest absolute Gasteiger partial charge is 0.230 e. The third-order valence-corrected chi connectivity index (χ3v) is 5.36. The summed E-state index contributed by atoms with van der Waals surface area (Å²) in [5, 5.41) is 11.9. The zero-order valence-corrected chi connectivity index (χ0v) is 16.8. The number of thioether (sulfide) groups is 1. The Morgan fingerprint density at radius 3 is 2.30 bits per heavy atom. The second-order valence-corrected chi connectivity index (χ2v) is 7.45. The maximum atomic E-state index is 14.4. The number of benzene rings is 3. The van der Waals surface area contributed by atoms with E-state index in [-0.39, 0.29) is 17.5 Å². The Bertz CT molecular complexity index is 1130. The number of para-hydroxylation sites is 1. The van der Waals surface area contributed by atoms with Gasteiger partial charge in [0.2, 0.25) is 5.91 Å². The van der Waals surface area contributed by atoms with Crippen LogP contribution in [0.2, 0.25) is 0 Å². The molecule has 1 aromatic heterocycles. The van der Waals surface area contributed by atoms with Crippen molar-refractivity contribution in [1.82, 2.24) is 20.1 Å². The molecule has 30 heavy (non-hydrogen) atoms. The predicted molar refractivity (Wildman–Crippen MR) is 116 cm³/mol. The molecule has 3 aromatic carbocycles. The first kappa shape index (κ1) is 19.8. The first-order chi connectivity index (χ1) is 14.7. The van der Waals surface area contributed by atoms with Crippen LogP contribution in [0.4, 0.5) is 4.39 Å². The van der Waals surface area contributed by atoms with Crippen LogP contribution in [-0.2, 0) is 11.3 Å². The van der Waals surface area contributed by atoms with E-state index in [2.05, 4.69) is 15.5 Å². The molecule has 0 aliphatic carbocycles. The van der Waals surface area contributed by atoms with Gasteiger partial charge in [0, 0.05) is 12.2 Å². The van der Waals surface area contributed by atoms with E-state index >= 15 is 0 Å². The summed E-state index contributed by atoms with van der Waals surface area (Å²) in [6, 6.07) is 25.6. The fourth-order valence-corrected chi connectivity index (χ4v) is 3.75. The molecular weight excluding hydrogens is 399 g/mol. The molecule has 7 heteroatoms. The molecule has 4 aromatic rings. The number of halogens is 1. The number of rotatable bonds is 7. The van der Waals surface area contributed by atoms with Gasteiger partial charge in [0.15, 0.2) is 11.0 Å². The van der Waals surface area contributed by atoms with Crippen LogP contribution in [0.25, 0.3) is 17.1 Å². The molecule has 0 unspecified atom stereocenters. The van der Waals surface area contributed by atoms with Crippen LogP contribution < -0.4 is 5.32 Å². The summed E-state index contributed by atoms with van der Waals surface area (Å²) in [7, 11) is 0. The summed E-state index contributed by atoms with van der Waals surface area (Å²) >= 11 is 1.26. The highest BCUT2D eigenvalue weighted by atomic mass is 32.2. The lowest BCUT2D eigenvalue weighted by Crippen LogP contribution is -2.24. The second-order valence-electron chi connectivity index (χ2n) is 6.51. The van der Waals surface area contributed by atoms with Crippen molar-refractivity contribution in [2.45, 2.75) is 11.7 Å². The summed E-state index contributed by atoms with van der Waals surface area (Å²) < 4.78 is 16.2. The van der Waals surface area contributed by atoms with E-state index in [4.69, 9.17) is 0 Å². The maximum Gasteiger partial charge on any atom is 0.230 e. The van der Waals surface area contributed by atoms with E-state index in [9.17, 15) is 9.18 Å². The van der Waals surface area contributed by atoms with Gasteiger partial charge in [0.1, 0.15) is 5.82 Å². The number of carbonyl (C=O) groups is 1. The Labute approximate surface area is 178 Å². The van der Waals surface area contributed by atoms with Gasteiger partial charge < -0.3 is 5.32 Å². The number of carbonyl (C=O) groups excluding carboxylic acids is 1. The van der Waals surface area contributed by atoms with Crippen molar-refractivity contribution in [2.75, 3.05) is 5.75 Å². The number of amides is 1. The van der Waals surface area contributed by atoms with Gasteiger partial charge in [-0.3, -0.25) is 9.36 Å². The van der Waals surface area contributed by atoms with Gasteiger partial charge in [-0.25, -0.2) is 4.39 Å². The third kappa shape index (κ3) is 4.58. The summed E-state index contributed by atoms with van der Waals surface area (Å²) in [6.07, 6.45) is 0. The molecule has 0 saturated heterocycles. The average molecular weight is 418 g/mol. The van der Waals surface area contributed by atoms with Gasteiger partial charge in [0.25, 0.3) is 0 Å². The molecule has 0 spiro atoms. The second kappa shape index (κ2) is 9.37. The Kier molecular flexibility index (Phi) is 6.20. The summed E-state index contributed by atoms with van der Waals surface area (Å²) in [5.41, 5.74) is 2.19. The molecular formula is C23H19FN4OS. The SMILES string of the molecule is O=C(CSc1nnc(-c2ccccc2F)n1-c1ccccc1)NCc1ccccc1. The van der Waals surface area contributed by atoms with Gasteiger partial charge in [0.05, 0.1) is 11.3 Å². The van der Waals surface area contributed by atoms with Gasteiger partial charge >= 0.3 is 0 Å². The fourth-order valence-electron chi connectivity index (χ4n) is 2.97. The molecule has 0 aliphatic rings. The van der Waals surface area contributed by atoms with E-state index in [1.54, 1.807) is 22.8 Å². The minimum Gasteiger partial charge on any atom is -0.351 e. The zero-order valence-electron chi connectivity index (χ0n) is 16.0. The summed E-state index contributed by atoms with van der Waals surface area (Å²) in [6.45, 7) is 0.464. The van der Waals surface area contributed by atoms with Crippen LogP contribution in [0.1, 0.15) is 5.56 Å². The van der Waals surface area contributed by atoms with E-state index in [1.807, 2.05) is 60.7 Å². The molecule has 1 amide bonds. The van der Waals surface area contributed by atoms with E-state index < -0.39 is 0 Å². The molecule has 0 saturated carbocycles. The molecule has 0 fully saturated rings. The fraction of sp³-hybridized carbons (Fsp3) is 0.0870. The average Bonchev–Trinajstić information content (AvgIpc) is 3.21. The Morgan fingerprint density at radius 2 is 1.57 bits per heavy atom. The highest BCUT2D eigenvalue weighted by Gasteiger charge is 2.19. The monoisotopic (exact) mass is 418 g/mol. The van der Waals surface area contributed by atoms with Gasteiger partial charge in [-0.1, -0.05) is 72.4 Å². The lowest BCUT2D eigenvalue weighted by molar-refractivity contribution is -0.118. The molecule has 0 aliphatic heterocycles. The topological polar surface area (TPSA) is 59.8 Å². The summed E-state index contributed by atoms with van der Waals surface area (Å²) in [5.74, 6) is 0.0827. The molecule has 1 N–H and O–H groups in total. The Morgan fingerprint density at radius 1 is 0.900 bits per heavy atom. The lowest BCUT2D eigenvalue weighted by atomic mass is 10.2. The van der Waals surface area contributed by atoms with Crippen LogP contribution in [0.15, 0.2) is 90.1 Å². The van der Waals surface area contributed by atoms with Crippen molar-refractivity contribution in [3.8, 4) is 17.1 Å². The van der Waals surface area contributed by atoms with E-state index in [0.717, 1.165) is 11.3 Å². The minimum atomic E-state index is -0.376. The van der Waals surface area contributed by atoms with Crippen molar-refractivity contribution in [1.29, 1.82) is 0 Å². The van der Waals surface area contributed by atoms with Gasteiger partial charge in [-0.15, -0.1) is 10.2 Å². The molecule has 150 valence electrons. The van der Waals surface area contributed by atoms with Crippen LogP contribution in [0, 0.1) is 5.82 Å². The molecule has 0 atom stereocenters. The van der Waals surface area contributed by atoms with Crippen LogP contribution >= 0.6 is 11.8 Å². The number of aromatic nitrogens is 3. The number of nitrogens with one attached hydrogen (secondary N) is 1. The van der Waals surface area contributed by atoms with E-state index in [1.165, 1.54) is 17.8 Å². The van der Waals surface area contributed by atoms with Crippen molar-refractivity contribution < 1.29 is 9.18 Å². The number of hydrogen-bond acceptors (Lipinski definition) is 4. The van der Waals surface area contributed by atoms with Gasteiger partial charge in [-0.05, 0) is 29.8 Å². The molecule has 5 nitrogen and oxygen atoms in total. The van der Waals surface area contributed by atoms with Crippen molar-refractivity contribution >= 4 is 17.7 Å². The normalized spacial score (nSPS) is 10.7. The van der Waals surface area contributed by atoms with Crippen LogP contribution in [-0.4, -0.2) is 26.4 Å². The first-order valence-corrected chi connectivity index (χ1v) is 10.4. The van der Waals surface area contributed by atoms with Crippen LogP contribution in [0.5, 0.6) is 0 Å². The maximum absolute atomic E-state index is 14.4. The molecule has 1 heterocycles. The Hall–Kier alpha value is -3.45. The van der Waals surface area contributed by atoms with Gasteiger partial charge in [-0.2, -0.15) is 0 Å². The largest absolute Gasteiger partial charge is 0.351 e. The molecule has 0 radical (unpaired) electrons. The highest BCUT2D eigenvalue weighted by molar-refractivity contribution is 7.99. The number of nitrogens with zero attached hydrogens (tertiary/aromatic N) is 3. The van der Waals surface area contributed by atoms with Crippen molar-refractivity contribution in [3.63, 3.8) is 0 Å². The van der Waals surface area contributed by atoms with Crippen molar-refractivity contribution in [2.24, 2.45) is 0 Å². The third-order valence-electron chi connectivity index (χ3n) is 4.43. The lowest BCUT2D eigenvalue weighted by Gasteiger charge is -2.11.